The van der Waals surface area contributed by atoms with Crippen molar-refractivity contribution in [1.82, 2.24) is 9.78 Å². The minimum atomic E-state index is 0.0118. The Morgan fingerprint density at radius 2 is 1.89 bits per heavy atom. The molecule has 3 heteroatoms. The first-order valence-electron chi connectivity index (χ1n) is 6.59. The van der Waals surface area contributed by atoms with E-state index in [2.05, 4.69) is 49.4 Å². The standard InChI is InChI=1S/C15H21N3/c1-3-14(12-8-6-5-7-9-12)15(16)13-10-17-18(4-2)11-13/h5-11,14-15H,3-4,16H2,1-2H3. The zero-order valence-corrected chi connectivity index (χ0v) is 11.1. The Bertz CT molecular complexity index is 475. The summed E-state index contributed by atoms with van der Waals surface area (Å²) in [6.45, 7) is 5.15. The van der Waals surface area contributed by atoms with Crippen molar-refractivity contribution in [1.29, 1.82) is 0 Å². The summed E-state index contributed by atoms with van der Waals surface area (Å²) in [6.07, 6.45) is 4.97. The molecule has 0 amide bonds. The van der Waals surface area contributed by atoms with Crippen LogP contribution in [0.4, 0.5) is 0 Å². The molecule has 0 aliphatic rings. The van der Waals surface area contributed by atoms with Gasteiger partial charge in [-0.25, -0.2) is 0 Å². The maximum absolute atomic E-state index is 6.40. The van der Waals surface area contributed by atoms with E-state index in [-0.39, 0.29) is 6.04 Å². The molecule has 3 nitrogen and oxygen atoms in total. The highest BCUT2D eigenvalue weighted by molar-refractivity contribution is 5.25. The van der Waals surface area contributed by atoms with Crippen LogP contribution in [0.15, 0.2) is 42.7 Å². The van der Waals surface area contributed by atoms with Gasteiger partial charge in [0.2, 0.25) is 0 Å². The molecule has 0 radical (unpaired) electrons. The molecular formula is C15H21N3. The van der Waals surface area contributed by atoms with E-state index < -0.39 is 0 Å². The third-order valence-corrected chi connectivity index (χ3v) is 3.46. The van der Waals surface area contributed by atoms with Crippen LogP contribution in [0, 0.1) is 0 Å². The Morgan fingerprint density at radius 3 is 2.44 bits per heavy atom. The first kappa shape index (κ1) is 12.8. The largest absolute Gasteiger partial charge is 0.323 e. The highest BCUT2D eigenvalue weighted by Gasteiger charge is 2.20. The van der Waals surface area contributed by atoms with Crippen LogP contribution in [0.25, 0.3) is 0 Å². The third kappa shape index (κ3) is 2.62. The van der Waals surface area contributed by atoms with Gasteiger partial charge >= 0.3 is 0 Å². The third-order valence-electron chi connectivity index (χ3n) is 3.46. The van der Waals surface area contributed by atoms with Crippen LogP contribution >= 0.6 is 0 Å². The highest BCUT2D eigenvalue weighted by Crippen LogP contribution is 2.31. The lowest BCUT2D eigenvalue weighted by molar-refractivity contribution is 0.538. The molecule has 0 aliphatic heterocycles. The van der Waals surface area contributed by atoms with Crippen molar-refractivity contribution < 1.29 is 0 Å². The summed E-state index contributed by atoms with van der Waals surface area (Å²) in [4.78, 5) is 0. The highest BCUT2D eigenvalue weighted by atomic mass is 15.3. The van der Waals surface area contributed by atoms with Gasteiger partial charge in [-0.3, -0.25) is 4.68 Å². The fourth-order valence-electron chi connectivity index (χ4n) is 2.35. The molecular weight excluding hydrogens is 222 g/mol. The van der Waals surface area contributed by atoms with E-state index in [0.717, 1.165) is 18.5 Å². The van der Waals surface area contributed by atoms with E-state index in [0.29, 0.717) is 5.92 Å². The van der Waals surface area contributed by atoms with E-state index >= 15 is 0 Å². The summed E-state index contributed by atoms with van der Waals surface area (Å²) in [7, 11) is 0. The van der Waals surface area contributed by atoms with Gasteiger partial charge in [-0.1, -0.05) is 37.3 Å². The zero-order chi connectivity index (χ0) is 13.0. The molecule has 2 unspecified atom stereocenters. The van der Waals surface area contributed by atoms with E-state index in [1.165, 1.54) is 5.56 Å². The Morgan fingerprint density at radius 1 is 1.17 bits per heavy atom. The van der Waals surface area contributed by atoms with Crippen LogP contribution in [0.2, 0.25) is 0 Å². The first-order valence-corrected chi connectivity index (χ1v) is 6.59. The minimum Gasteiger partial charge on any atom is -0.323 e. The van der Waals surface area contributed by atoms with Crippen molar-refractivity contribution in [2.75, 3.05) is 0 Å². The average Bonchev–Trinajstić information content (AvgIpc) is 2.89. The van der Waals surface area contributed by atoms with Crippen molar-refractivity contribution >= 4 is 0 Å². The zero-order valence-electron chi connectivity index (χ0n) is 11.1. The number of benzene rings is 1. The molecule has 0 saturated carbocycles. The smallest absolute Gasteiger partial charge is 0.0537 e. The van der Waals surface area contributed by atoms with Gasteiger partial charge in [0.25, 0.3) is 0 Å². The number of aromatic nitrogens is 2. The second-order valence-electron chi connectivity index (χ2n) is 4.58. The summed E-state index contributed by atoms with van der Waals surface area (Å²) < 4.78 is 1.92. The van der Waals surface area contributed by atoms with Crippen LogP contribution in [0.3, 0.4) is 0 Å². The van der Waals surface area contributed by atoms with Crippen molar-refractivity contribution in [2.24, 2.45) is 5.73 Å². The number of nitrogens with zero attached hydrogens (tertiary/aromatic N) is 2. The molecule has 2 rings (SSSR count). The molecule has 18 heavy (non-hydrogen) atoms. The quantitative estimate of drug-likeness (QED) is 0.877. The molecule has 2 atom stereocenters. The number of aryl methyl sites for hydroxylation is 1. The number of hydrogen-bond acceptors (Lipinski definition) is 2. The summed E-state index contributed by atoms with van der Waals surface area (Å²) >= 11 is 0. The Labute approximate surface area is 109 Å². The predicted molar refractivity (Wildman–Crippen MR) is 74.3 cm³/mol. The van der Waals surface area contributed by atoms with Gasteiger partial charge in [0.05, 0.1) is 6.20 Å². The molecule has 0 saturated heterocycles. The summed E-state index contributed by atoms with van der Waals surface area (Å²) in [5.41, 5.74) is 8.82. The fourth-order valence-corrected chi connectivity index (χ4v) is 2.35. The Kier molecular flexibility index (Phi) is 4.15. The van der Waals surface area contributed by atoms with Crippen molar-refractivity contribution in [3.63, 3.8) is 0 Å². The number of hydrogen-bond donors (Lipinski definition) is 1. The maximum atomic E-state index is 6.40. The normalized spacial score (nSPS) is 14.4. The van der Waals surface area contributed by atoms with E-state index in [1.54, 1.807) is 0 Å². The van der Waals surface area contributed by atoms with Crippen LogP contribution in [0.1, 0.15) is 43.4 Å². The average molecular weight is 243 g/mol. The van der Waals surface area contributed by atoms with Gasteiger partial charge in [0.1, 0.15) is 0 Å². The van der Waals surface area contributed by atoms with Gasteiger partial charge in [0, 0.05) is 30.3 Å². The lowest BCUT2D eigenvalue weighted by Crippen LogP contribution is -2.19. The monoisotopic (exact) mass is 243 g/mol. The maximum Gasteiger partial charge on any atom is 0.0537 e. The topological polar surface area (TPSA) is 43.8 Å². The van der Waals surface area contributed by atoms with Crippen LogP contribution in [0.5, 0.6) is 0 Å². The molecule has 0 aliphatic carbocycles. The first-order chi connectivity index (χ1) is 8.76. The van der Waals surface area contributed by atoms with Crippen molar-refractivity contribution in [2.45, 2.75) is 38.8 Å². The molecule has 0 bridgehead atoms. The Balaban J connectivity index is 2.22. The van der Waals surface area contributed by atoms with E-state index in [4.69, 9.17) is 5.73 Å². The second kappa shape index (κ2) is 5.83. The van der Waals surface area contributed by atoms with E-state index in [9.17, 15) is 0 Å². The fraction of sp³-hybridized carbons (Fsp3) is 0.400. The molecule has 1 heterocycles. The molecule has 1 aromatic heterocycles. The molecule has 1 aromatic carbocycles. The SMILES string of the molecule is CCC(c1ccccc1)C(N)c1cnn(CC)c1. The molecule has 0 spiro atoms. The lowest BCUT2D eigenvalue weighted by Gasteiger charge is -2.22. The molecule has 2 aromatic rings. The van der Waals surface area contributed by atoms with Crippen molar-refractivity contribution in [3.8, 4) is 0 Å². The Hall–Kier alpha value is -1.61. The summed E-state index contributed by atoms with van der Waals surface area (Å²) in [5, 5.41) is 4.30. The van der Waals surface area contributed by atoms with Gasteiger partial charge in [-0.05, 0) is 18.9 Å². The van der Waals surface area contributed by atoms with Crippen LogP contribution in [-0.4, -0.2) is 9.78 Å². The van der Waals surface area contributed by atoms with Gasteiger partial charge in [0.15, 0.2) is 0 Å². The van der Waals surface area contributed by atoms with Crippen LogP contribution in [-0.2, 0) is 6.54 Å². The minimum absolute atomic E-state index is 0.0118. The predicted octanol–water partition coefficient (Wildman–Crippen LogP) is 3.10. The van der Waals surface area contributed by atoms with Crippen molar-refractivity contribution in [3.05, 3.63) is 53.9 Å². The van der Waals surface area contributed by atoms with Crippen LogP contribution < -0.4 is 5.73 Å². The number of rotatable bonds is 5. The second-order valence-corrected chi connectivity index (χ2v) is 4.58. The summed E-state index contributed by atoms with van der Waals surface area (Å²) in [6, 6.07) is 10.5. The van der Waals surface area contributed by atoms with Gasteiger partial charge < -0.3 is 5.73 Å². The number of nitrogens with two attached hydrogens (primary N) is 1. The lowest BCUT2D eigenvalue weighted by atomic mass is 9.87. The van der Waals surface area contributed by atoms with Gasteiger partial charge in [-0.2, -0.15) is 5.10 Å². The van der Waals surface area contributed by atoms with E-state index in [1.807, 2.05) is 16.9 Å². The summed E-state index contributed by atoms with van der Waals surface area (Å²) in [5.74, 6) is 0.348. The molecule has 2 N–H and O–H groups in total. The molecule has 0 fully saturated rings. The molecule has 96 valence electrons. The van der Waals surface area contributed by atoms with Gasteiger partial charge in [-0.15, -0.1) is 0 Å².